The number of carbonyl (C=O) groups excluding carboxylic acids is 1. The van der Waals surface area contributed by atoms with E-state index in [1.54, 1.807) is 18.3 Å². The summed E-state index contributed by atoms with van der Waals surface area (Å²) < 4.78 is 0. The summed E-state index contributed by atoms with van der Waals surface area (Å²) in [5, 5.41) is 21.5. The third-order valence-electron chi connectivity index (χ3n) is 6.60. The van der Waals surface area contributed by atoms with E-state index in [1.165, 1.54) is 5.56 Å². The molecular formula is C29H34N6O2. The largest absolute Gasteiger partial charge is 0.395 e. The van der Waals surface area contributed by atoms with E-state index in [2.05, 4.69) is 50.4 Å². The van der Waals surface area contributed by atoms with Crippen molar-refractivity contribution in [3.63, 3.8) is 0 Å². The Balaban J connectivity index is 1.39. The number of piperazine rings is 1. The number of hydrogen-bond acceptors (Lipinski definition) is 7. The van der Waals surface area contributed by atoms with E-state index < -0.39 is 0 Å². The van der Waals surface area contributed by atoms with Gasteiger partial charge in [0.1, 0.15) is 11.9 Å². The second-order valence-corrected chi connectivity index (χ2v) is 9.71. The minimum absolute atomic E-state index is 0.125. The average molecular weight is 499 g/mol. The standard InChI is InChI=1S/C29H34N6O2/c1-21(2)29(37)33-26-8-7-24(18-25(26)19-30)27-9-10-31-28(32-27)17-22-3-5-23(6-4-22)20-35-13-11-34(12-14-35)15-16-36/h3-10,18,21,36H,11-17,20H2,1-2H3,(H,33,37). The van der Waals surface area contributed by atoms with Gasteiger partial charge in [-0.1, -0.05) is 44.2 Å². The highest BCUT2D eigenvalue weighted by Crippen LogP contribution is 2.24. The lowest BCUT2D eigenvalue weighted by molar-refractivity contribution is -0.118. The maximum absolute atomic E-state index is 12.1. The van der Waals surface area contributed by atoms with Crippen LogP contribution in [0.2, 0.25) is 0 Å². The minimum Gasteiger partial charge on any atom is -0.395 e. The normalized spacial score (nSPS) is 14.5. The average Bonchev–Trinajstić information content (AvgIpc) is 2.91. The van der Waals surface area contributed by atoms with E-state index in [-0.39, 0.29) is 18.4 Å². The topological polar surface area (TPSA) is 105 Å². The maximum Gasteiger partial charge on any atom is 0.226 e. The molecule has 0 spiro atoms. The number of benzene rings is 2. The van der Waals surface area contributed by atoms with Gasteiger partial charge in [-0.25, -0.2) is 9.97 Å². The van der Waals surface area contributed by atoms with Crippen LogP contribution in [0.1, 0.15) is 36.4 Å². The number of β-amino-alcohol motifs (C(OH)–C–C–N with tert-alkyl or cyclic N) is 1. The van der Waals surface area contributed by atoms with Crippen LogP contribution in [0.15, 0.2) is 54.7 Å². The molecular weight excluding hydrogens is 464 g/mol. The molecule has 2 N–H and O–H groups in total. The fourth-order valence-electron chi connectivity index (χ4n) is 4.34. The first-order chi connectivity index (χ1) is 17.9. The first kappa shape index (κ1) is 26.4. The first-order valence-electron chi connectivity index (χ1n) is 12.8. The Kier molecular flexibility index (Phi) is 8.96. The summed E-state index contributed by atoms with van der Waals surface area (Å²) in [5.74, 6) is 0.416. The second kappa shape index (κ2) is 12.5. The highest BCUT2D eigenvalue weighted by molar-refractivity contribution is 5.93. The monoisotopic (exact) mass is 498 g/mol. The van der Waals surface area contributed by atoms with Crippen molar-refractivity contribution in [1.29, 1.82) is 5.26 Å². The molecule has 0 saturated carbocycles. The van der Waals surface area contributed by atoms with Gasteiger partial charge in [-0.05, 0) is 29.3 Å². The third-order valence-corrected chi connectivity index (χ3v) is 6.60. The van der Waals surface area contributed by atoms with Crippen molar-refractivity contribution in [3.8, 4) is 17.3 Å². The molecule has 0 unspecified atom stereocenters. The first-order valence-corrected chi connectivity index (χ1v) is 12.8. The molecule has 8 heteroatoms. The van der Waals surface area contributed by atoms with Crippen molar-refractivity contribution < 1.29 is 9.90 Å². The molecule has 1 amide bonds. The highest BCUT2D eigenvalue weighted by Gasteiger charge is 2.16. The minimum atomic E-state index is -0.169. The van der Waals surface area contributed by atoms with Crippen LogP contribution in [0.5, 0.6) is 0 Å². The van der Waals surface area contributed by atoms with Crippen molar-refractivity contribution in [1.82, 2.24) is 19.8 Å². The number of aliphatic hydroxyl groups excluding tert-OH is 1. The summed E-state index contributed by atoms with van der Waals surface area (Å²) >= 11 is 0. The zero-order chi connectivity index (χ0) is 26.2. The Labute approximate surface area is 218 Å². The van der Waals surface area contributed by atoms with Crippen molar-refractivity contribution in [3.05, 3.63) is 77.2 Å². The van der Waals surface area contributed by atoms with Crippen LogP contribution < -0.4 is 5.32 Å². The Bertz CT molecular complexity index is 1240. The van der Waals surface area contributed by atoms with Crippen LogP contribution in [-0.4, -0.2) is 70.1 Å². The lowest BCUT2D eigenvalue weighted by Gasteiger charge is -2.34. The predicted octanol–water partition coefficient (Wildman–Crippen LogP) is 3.31. The van der Waals surface area contributed by atoms with Gasteiger partial charge in [0.25, 0.3) is 0 Å². The van der Waals surface area contributed by atoms with Crippen LogP contribution in [-0.2, 0) is 17.8 Å². The maximum atomic E-state index is 12.1. The second-order valence-electron chi connectivity index (χ2n) is 9.71. The number of nitrogens with zero attached hydrogens (tertiary/aromatic N) is 5. The van der Waals surface area contributed by atoms with Gasteiger partial charge >= 0.3 is 0 Å². The van der Waals surface area contributed by atoms with Gasteiger partial charge in [0.15, 0.2) is 0 Å². The zero-order valence-electron chi connectivity index (χ0n) is 21.5. The number of nitriles is 1. The number of aromatic nitrogens is 2. The van der Waals surface area contributed by atoms with E-state index >= 15 is 0 Å². The Morgan fingerprint density at radius 2 is 1.76 bits per heavy atom. The summed E-state index contributed by atoms with van der Waals surface area (Å²) in [6.45, 7) is 9.56. The molecule has 1 fully saturated rings. The number of anilines is 1. The lowest BCUT2D eigenvalue weighted by atomic mass is 10.1. The molecule has 1 aliphatic heterocycles. The van der Waals surface area contributed by atoms with Gasteiger partial charge in [0, 0.05) is 63.4 Å². The fraction of sp³-hybridized carbons (Fsp3) is 0.379. The summed E-state index contributed by atoms with van der Waals surface area (Å²) in [6.07, 6.45) is 2.35. The molecule has 0 radical (unpaired) electrons. The van der Waals surface area contributed by atoms with E-state index in [9.17, 15) is 10.1 Å². The summed E-state index contributed by atoms with van der Waals surface area (Å²) in [5.41, 5.74) is 4.86. The Morgan fingerprint density at radius 3 is 2.43 bits per heavy atom. The molecule has 2 aromatic carbocycles. The Morgan fingerprint density at radius 1 is 1.05 bits per heavy atom. The molecule has 1 saturated heterocycles. The Hall–Kier alpha value is -3.64. The molecule has 37 heavy (non-hydrogen) atoms. The zero-order valence-corrected chi connectivity index (χ0v) is 21.5. The molecule has 2 heterocycles. The van der Waals surface area contributed by atoms with Crippen LogP contribution in [0.3, 0.4) is 0 Å². The molecule has 4 rings (SSSR count). The molecule has 1 aliphatic rings. The number of rotatable bonds is 9. The predicted molar refractivity (Wildman–Crippen MR) is 144 cm³/mol. The lowest BCUT2D eigenvalue weighted by Crippen LogP contribution is -2.46. The fourth-order valence-corrected chi connectivity index (χ4v) is 4.34. The molecule has 3 aromatic rings. The summed E-state index contributed by atoms with van der Waals surface area (Å²) in [7, 11) is 0. The summed E-state index contributed by atoms with van der Waals surface area (Å²) in [4.78, 5) is 26.0. The van der Waals surface area contributed by atoms with Crippen molar-refractivity contribution in [2.75, 3.05) is 44.6 Å². The molecule has 8 nitrogen and oxygen atoms in total. The number of nitrogens with one attached hydrogen (secondary N) is 1. The van der Waals surface area contributed by atoms with Gasteiger partial charge in [-0.2, -0.15) is 5.26 Å². The van der Waals surface area contributed by atoms with Crippen LogP contribution >= 0.6 is 0 Å². The number of amides is 1. The van der Waals surface area contributed by atoms with Crippen LogP contribution in [0.4, 0.5) is 5.69 Å². The van der Waals surface area contributed by atoms with E-state index in [4.69, 9.17) is 10.1 Å². The molecule has 1 aromatic heterocycles. The van der Waals surface area contributed by atoms with E-state index in [0.29, 0.717) is 23.5 Å². The highest BCUT2D eigenvalue weighted by atomic mass is 16.3. The molecule has 0 bridgehead atoms. The smallest absolute Gasteiger partial charge is 0.226 e. The SMILES string of the molecule is CC(C)C(=O)Nc1ccc(-c2ccnc(Cc3ccc(CN4CCN(CCO)CC4)cc3)n2)cc1C#N. The summed E-state index contributed by atoms with van der Waals surface area (Å²) in [6, 6.07) is 18.0. The molecule has 192 valence electrons. The van der Waals surface area contributed by atoms with Gasteiger partial charge in [0.05, 0.1) is 23.6 Å². The molecule has 0 aliphatic carbocycles. The van der Waals surface area contributed by atoms with E-state index in [0.717, 1.165) is 56.1 Å². The number of hydrogen-bond donors (Lipinski definition) is 2. The van der Waals surface area contributed by atoms with Crippen LogP contribution in [0, 0.1) is 17.2 Å². The van der Waals surface area contributed by atoms with Crippen molar-refractivity contribution in [2.24, 2.45) is 5.92 Å². The van der Waals surface area contributed by atoms with Gasteiger partial charge in [-0.3, -0.25) is 14.6 Å². The van der Waals surface area contributed by atoms with Crippen molar-refractivity contribution in [2.45, 2.75) is 26.8 Å². The number of carbonyl (C=O) groups is 1. The van der Waals surface area contributed by atoms with Crippen molar-refractivity contribution >= 4 is 11.6 Å². The van der Waals surface area contributed by atoms with Gasteiger partial charge in [-0.15, -0.1) is 0 Å². The third kappa shape index (κ3) is 7.20. The van der Waals surface area contributed by atoms with Gasteiger partial charge < -0.3 is 10.4 Å². The number of aliphatic hydroxyl groups is 1. The van der Waals surface area contributed by atoms with Crippen LogP contribution in [0.25, 0.3) is 11.3 Å². The quantitative estimate of drug-likeness (QED) is 0.466. The molecule has 0 atom stereocenters. The van der Waals surface area contributed by atoms with Gasteiger partial charge in [0.2, 0.25) is 5.91 Å². The van der Waals surface area contributed by atoms with E-state index in [1.807, 2.05) is 26.0 Å².